The molecule has 0 spiro atoms. The molecule has 2 aliphatic rings. The average Bonchev–Trinajstić information content (AvgIpc) is 2.47. The van der Waals surface area contributed by atoms with E-state index in [4.69, 9.17) is 4.74 Å². The largest absolute Gasteiger partial charge is 0.504 e. The summed E-state index contributed by atoms with van der Waals surface area (Å²) >= 11 is 0. The fourth-order valence-corrected chi connectivity index (χ4v) is 4.11. The molecule has 1 aromatic rings. The second-order valence-corrected chi connectivity index (χ2v) is 7.18. The van der Waals surface area contributed by atoms with Crippen LogP contribution in [0.3, 0.4) is 0 Å². The molecule has 2 heterocycles. The van der Waals surface area contributed by atoms with Gasteiger partial charge in [-0.25, -0.2) is 0 Å². The molecular weight excluding hydrogens is 278 g/mol. The number of rotatable bonds is 3. The fraction of sp³-hybridized carbons (Fsp3) is 0.667. The average molecular weight is 305 g/mol. The predicted octanol–water partition coefficient (Wildman–Crippen LogP) is 2.73. The summed E-state index contributed by atoms with van der Waals surface area (Å²) in [5, 5.41) is 20.5. The molecule has 4 nitrogen and oxygen atoms in total. The lowest BCUT2D eigenvalue weighted by Crippen LogP contribution is -2.48. The monoisotopic (exact) mass is 305 g/mol. The molecule has 3 atom stereocenters. The summed E-state index contributed by atoms with van der Waals surface area (Å²) in [4.78, 5) is 2.50. The number of hydrogen-bond acceptors (Lipinski definition) is 4. The topological polar surface area (TPSA) is 52.9 Å². The van der Waals surface area contributed by atoms with Crippen LogP contribution in [0.4, 0.5) is 0 Å². The Balaban J connectivity index is 1.86. The number of benzene rings is 1. The van der Waals surface area contributed by atoms with Gasteiger partial charge in [0.25, 0.3) is 0 Å². The fourth-order valence-electron chi connectivity index (χ4n) is 4.11. The molecule has 4 heteroatoms. The van der Waals surface area contributed by atoms with Crippen LogP contribution in [-0.4, -0.2) is 41.4 Å². The number of aliphatic hydroxyl groups excluding tert-OH is 1. The Morgan fingerprint density at radius 1 is 1.36 bits per heavy atom. The zero-order valence-electron chi connectivity index (χ0n) is 13.7. The van der Waals surface area contributed by atoms with Crippen LogP contribution in [0, 0.1) is 11.8 Å². The molecule has 0 aliphatic carbocycles. The molecule has 0 unspecified atom stereocenters. The lowest BCUT2D eigenvalue weighted by atomic mass is 9.79. The number of nitrogens with zero attached hydrogens (tertiary/aromatic N) is 1. The summed E-state index contributed by atoms with van der Waals surface area (Å²) in [7, 11) is 1.58. The van der Waals surface area contributed by atoms with E-state index >= 15 is 0 Å². The first-order valence-corrected chi connectivity index (χ1v) is 8.31. The van der Waals surface area contributed by atoms with Crippen molar-refractivity contribution in [1.29, 1.82) is 0 Å². The molecule has 0 bridgehead atoms. The van der Waals surface area contributed by atoms with E-state index in [9.17, 15) is 10.2 Å². The van der Waals surface area contributed by atoms with E-state index in [1.807, 2.05) is 12.1 Å². The maximum atomic E-state index is 10.6. The number of phenols is 1. The SMILES string of the molecule is COc1cc2c(cc1O)CCN1C[C@@H](CC(C)C)[C@H](O)C[C@@H]21. The third-order valence-electron chi connectivity index (χ3n) is 5.16. The molecule has 0 aromatic heterocycles. The number of methoxy groups -OCH3 is 1. The Morgan fingerprint density at radius 2 is 2.14 bits per heavy atom. The number of aliphatic hydroxyl groups is 1. The molecule has 122 valence electrons. The minimum Gasteiger partial charge on any atom is -0.504 e. The second-order valence-electron chi connectivity index (χ2n) is 7.18. The van der Waals surface area contributed by atoms with Crippen molar-refractivity contribution in [2.45, 2.75) is 45.3 Å². The van der Waals surface area contributed by atoms with Gasteiger partial charge in [-0.15, -0.1) is 0 Å². The Labute approximate surface area is 132 Å². The van der Waals surface area contributed by atoms with Crippen molar-refractivity contribution in [3.05, 3.63) is 23.3 Å². The first-order chi connectivity index (χ1) is 10.5. The summed E-state index contributed by atoms with van der Waals surface area (Å²) in [6, 6.07) is 4.03. The minimum atomic E-state index is -0.241. The standard InChI is InChI=1S/C18H27NO3/c1-11(2)6-13-10-19-5-4-12-7-17(21)18(22-3)8-14(12)15(19)9-16(13)20/h7-8,11,13,15-16,20-21H,4-6,9-10H2,1-3H3/t13-,15+,16-/m1/s1. The maximum Gasteiger partial charge on any atom is 0.160 e. The van der Waals surface area contributed by atoms with E-state index in [0.717, 1.165) is 32.4 Å². The van der Waals surface area contributed by atoms with Gasteiger partial charge in [-0.2, -0.15) is 0 Å². The van der Waals surface area contributed by atoms with Crippen LogP contribution >= 0.6 is 0 Å². The molecule has 1 fully saturated rings. The van der Waals surface area contributed by atoms with E-state index < -0.39 is 0 Å². The van der Waals surface area contributed by atoms with Crippen LogP contribution in [0.25, 0.3) is 0 Å². The zero-order valence-corrected chi connectivity index (χ0v) is 13.7. The van der Waals surface area contributed by atoms with Gasteiger partial charge in [0, 0.05) is 19.1 Å². The van der Waals surface area contributed by atoms with E-state index in [1.54, 1.807) is 7.11 Å². The van der Waals surface area contributed by atoms with Gasteiger partial charge in [0.05, 0.1) is 13.2 Å². The molecule has 1 saturated heterocycles. The van der Waals surface area contributed by atoms with Gasteiger partial charge in [0.2, 0.25) is 0 Å². The summed E-state index contributed by atoms with van der Waals surface area (Å²) in [6.45, 7) is 6.41. The third-order valence-corrected chi connectivity index (χ3v) is 5.16. The van der Waals surface area contributed by atoms with Gasteiger partial charge in [-0.1, -0.05) is 13.8 Å². The third kappa shape index (κ3) is 2.82. The van der Waals surface area contributed by atoms with Gasteiger partial charge in [-0.3, -0.25) is 4.90 Å². The number of piperidine rings is 1. The van der Waals surface area contributed by atoms with E-state index in [1.165, 1.54) is 11.1 Å². The molecule has 0 saturated carbocycles. The first kappa shape index (κ1) is 15.6. The van der Waals surface area contributed by atoms with Crippen LogP contribution < -0.4 is 4.74 Å². The van der Waals surface area contributed by atoms with Gasteiger partial charge in [0.1, 0.15) is 0 Å². The second kappa shape index (κ2) is 6.09. The Hall–Kier alpha value is -1.26. The zero-order chi connectivity index (χ0) is 15.9. The summed E-state index contributed by atoms with van der Waals surface area (Å²) in [5.41, 5.74) is 2.40. The van der Waals surface area contributed by atoms with Gasteiger partial charge >= 0.3 is 0 Å². The smallest absolute Gasteiger partial charge is 0.160 e. The lowest BCUT2D eigenvalue weighted by molar-refractivity contribution is -0.0191. The highest BCUT2D eigenvalue weighted by molar-refractivity contribution is 5.48. The summed E-state index contributed by atoms with van der Waals surface area (Å²) in [5.74, 6) is 1.73. The number of ether oxygens (including phenoxy) is 1. The molecule has 2 N–H and O–H groups in total. The Morgan fingerprint density at radius 3 is 2.82 bits per heavy atom. The molecule has 2 aliphatic heterocycles. The Kier molecular flexibility index (Phi) is 4.33. The van der Waals surface area contributed by atoms with Crippen LogP contribution in [0.15, 0.2) is 12.1 Å². The maximum absolute atomic E-state index is 10.6. The number of hydrogen-bond donors (Lipinski definition) is 2. The van der Waals surface area contributed by atoms with E-state index in [2.05, 4.69) is 18.7 Å². The van der Waals surface area contributed by atoms with Gasteiger partial charge < -0.3 is 14.9 Å². The van der Waals surface area contributed by atoms with Crippen LogP contribution in [-0.2, 0) is 6.42 Å². The van der Waals surface area contributed by atoms with Crippen molar-refractivity contribution in [2.24, 2.45) is 11.8 Å². The predicted molar refractivity (Wildman–Crippen MR) is 86.2 cm³/mol. The van der Waals surface area contributed by atoms with Crippen molar-refractivity contribution in [2.75, 3.05) is 20.2 Å². The number of phenolic OH excluding ortho intramolecular Hbond substituents is 1. The highest BCUT2D eigenvalue weighted by Crippen LogP contribution is 2.43. The Bertz CT molecular complexity index is 543. The van der Waals surface area contributed by atoms with Crippen LogP contribution in [0.1, 0.15) is 43.9 Å². The van der Waals surface area contributed by atoms with Crippen molar-refractivity contribution in [3.63, 3.8) is 0 Å². The quantitative estimate of drug-likeness (QED) is 0.901. The van der Waals surface area contributed by atoms with Crippen LogP contribution in [0.2, 0.25) is 0 Å². The number of fused-ring (bicyclic) bond motifs is 3. The van der Waals surface area contributed by atoms with Gasteiger partial charge in [-0.05, 0) is 54.4 Å². The highest BCUT2D eigenvalue weighted by Gasteiger charge is 2.38. The molecule has 0 amide bonds. The molecule has 22 heavy (non-hydrogen) atoms. The molecule has 0 radical (unpaired) electrons. The highest BCUT2D eigenvalue weighted by atomic mass is 16.5. The molecule has 3 rings (SSSR count). The minimum absolute atomic E-state index is 0.212. The lowest BCUT2D eigenvalue weighted by Gasteiger charge is -2.46. The van der Waals surface area contributed by atoms with Crippen molar-refractivity contribution < 1.29 is 14.9 Å². The summed E-state index contributed by atoms with van der Waals surface area (Å²) in [6.07, 6.45) is 2.57. The van der Waals surface area contributed by atoms with Crippen molar-refractivity contribution >= 4 is 0 Å². The van der Waals surface area contributed by atoms with E-state index in [-0.39, 0.29) is 17.9 Å². The van der Waals surface area contributed by atoms with Crippen molar-refractivity contribution in [3.8, 4) is 11.5 Å². The number of aromatic hydroxyl groups is 1. The van der Waals surface area contributed by atoms with Gasteiger partial charge in [0.15, 0.2) is 11.5 Å². The summed E-state index contributed by atoms with van der Waals surface area (Å²) < 4.78 is 5.26. The normalized spacial score (nSPS) is 28.3. The van der Waals surface area contributed by atoms with Crippen LogP contribution in [0.5, 0.6) is 11.5 Å². The van der Waals surface area contributed by atoms with E-state index in [0.29, 0.717) is 17.6 Å². The molecular formula is C18H27NO3. The molecule has 1 aromatic carbocycles. The van der Waals surface area contributed by atoms with Crippen molar-refractivity contribution in [1.82, 2.24) is 4.90 Å². The first-order valence-electron chi connectivity index (χ1n) is 8.31.